The summed E-state index contributed by atoms with van der Waals surface area (Å²) >= 11 is 0. The van der Waals surface area contributed by atoms with Gasteiger partial charge in [0.25, 0.3) is 5.91 Å². The summed E-state index contributed by atoms with van der Waals surface area (Å²) in [5.74, 6) is -0.194. The fourth-order valence-corrected chi connectivity index (χ4v) is 3.76. The van der Waals surface area contributed by atoms with Gasteiger partial charge in [0.2, 0.25) is 5.55 Å². The van der Waals surface area contributed by atoms with Crippen LogP contribution in [0.2, 0.25) is 0 Å². The molecule has 0 saturated heterocycles. The van der Waals surface area contributed by atoms with E-state index in [1.54, 1.807) is 6.07 Å². The van der Waals surface area contributed by atoms with Gasteiger partial charge in [0, 0.05) is 36.3 Å². The minimum atomic E-state index is -0.194. The van der Waals surface area contributed by atoms with Crippen molar-refractivity contribution in [3.63, 3.8) is 0 Å². The number of benzene rings is 1. The van der Waals surface area contributed by atoms with Gasteiger partial charge >= 0.3 is 0 Å². The molecule has 0 spiro atoms. The Morgan fingerprint density at radius 3 is 2.50 bits per heavy atom. The summed E-state index contributed by atoms with van der Waals surface area (Å²) in [4.78, 5) is 14.9. The zero-order chi connectivity index (χ0) is 18.5. The van der Waals surface area contributed by atoms with Gasteiger partial charge in [-0.1, -0.05) is 25.7 Å². The molecule has 1 heterocycles. The molecule has 1 aromatic carbocycles. The lowest BCUT2D eigenvalue weighted by molar-refractivity contribution is 0.0929. The number of carbonyl (C=O) groups is 1. The van der Waals surface area contributed by atoms with E-state index < -0.39 is 0 Å². The maximum Gasteiger partial charge on any atom is 0.257 e. The van der Waals surface area contributed by atoms with Crippen molar-refractivity contribution in [3.8, 4) is 0 Å². The second-order valence-corrected chi connectivity index (χ2v) is 7.05. The molecule has 1 fully saturated rings. The van der Waals surface area contributed by atoms with Gasteiger partial charge in [-0.2, -0.15) is 0 Å². The zero-order valence-electron chi connectivity index (χ0n) is 15.8. The van der Waals surface area contributed by atoms with E-state index in [4.69, 9.17) is 9.83 Å². The molecule has 1 aliphatic carbocycles. The summed E-state index contributed by atoms with van der Waals surface area (Å²) in [7, 11) is 0. The zero-order valence-corrected chi connectivity index (χ0v) is 15.8. The van der Waals surface area contributed by atoms with Crippen LogP contribution in [0.1, 0.15) is 62.7 Å². The van der Waals surface area contributed by atoms with Crippen LogP contribution >= 0.6 is 0 Å². The quantitative estimate of drug-likeness (QED) is 0.789. The average Bonchev–Trinajstić information content (AvgIpc) is 2.90. The maximum atomic E-state index is 12.7. The molecule has 1 aliphatic rings. The Labute approximate surface area is 154 Å². The van der Waals surface area contributed by atoms with Crippen LogP contribution in [-0.2, 0) is 0 Å². The summed E-state index contributed by atoms with van der Waals surface area (Å²) in [6, 6.07) is 7.95. The van der Waals surface area contributed by atoms with Crippen LogP contribution < -0.4 is 15.8 Å². The topological polar surface area (TPSA) is 69.3 Å². The van der Waals surface area contributed by atoms with Crippen LogP contribution in [0.25, 0.3) is 11.0 Å². The number of amides is 1. The van der Waals surface area contributed by atoms with Gasteiger partial charge in [0.15, 0.2) is 0 Å². The van der Waals surface area contributed by atoms with Crippen LogP contribution in [0.4, 0.5) is 5.69 Å². The summed E-state index contributed by atoms with van der Waals surface area (Å²) in [5.41, 5.74) is 1.96. The fraction of sp³-hybridized carbons (Fsp3) is 0.524. The molecular formula is C21H29N3O2. The van der Waals surface area contributed by atoms with Gasteiger partial charge in [-0.3, -0.25) is 10.2 Å². The van der Waals surface area contributed by atoms with E-state index in [0.29, 0.717) is 11.1 Å². The molecule has 5 heteroatoms. The van der Waals surface area contributed by atoms with Crippen molar-refractivity contribution >= 4 is 22.6 Å². The first-order valence-electron chi connectivity index (χ1n) is 9.80. The van der Waals surface area contributed by atoms with Crippen LogP contribution in [0.15, 0.2) is 28.7 Å². The normalized spacial score (nSPS) is 15.6. The molecular weight excluding hydrogens is 326 g/mol. The first-order valence-corrected chi connectivity index (χ1v) is 9.80. The molecule has 1 amide bonds. The largest absolute Gasteiger partial charge is 0.438 e. The second-order valence-electron chi connectivity index (χ2n) is 7.05. The van der Waals surface area contributed by atoms with E-state index >= 15 is 0 Å². The molecule has 1 aromatic heterocycles. The summed E-state index contributed by atoms with van der Waals surface area (Å²) < 4.78 is 5.69. The molecule has 0 unspecified atom stereocenters. The van der Waals surface area contributed by atoms with Crippen molar-refractivity contribution in [2.45, 2.75) is 58.4 Å². The predicted octanol–water partition coefficient (Wildman–Crippen LogP) is 4.21. The highest BCUT2D eigenvalue weighted by Gasteiger charge is 2.18. The average molecular weight is 355 g/mol. The van der Waals surface area contributed by atoms with Crippen LogP contribution in [-0.4, -0.2) is 25.0 Å². The minimum absolute atomic E-state index is 0.0691. The third-order valence-corrected chi connectivity index (χ3v) is 5.32. The standard InChI is InChI=1S/C21H29N3O2/c1-3-24(4-2)17-12-11-15-13-18(20(22)26-19(15)14-17)21(25)23-16-9-7-5-6-8-10-16/h11-14,16,22H,3-10H2,1-2H3,(H,23,25). The Balaban J connectivity index is 1.85. The van der Waals surface area contributed by atoms with Gasteiger partial charge in [0.05, 0.1) is 0 Å². The molecule has 140 valence electrons. The van der Waals surface area contributed by atoms with E-state index in [9.17, 15) is 4.79 Å². The molecule has 0 bridgehead atoms. The fourth-order valence-electron chi connectivity index (χ4n) is 3.76. The number of rotatable bonds is 5. The first kappa shape index (κ1) is 18.5. The minimum Gasteiger partial charge on any atom is -0.438 e. The summed E-state index contributed by atoms with van der Waals surface area (Å²) in [5, 5.41) is 12.1. The van der Waals surface area contributed by atoms with Crippen molar-refractivity contribution in [1.29, 1.82) is 5.41 Å². The Morgan fingerprint density at radius 1 is 1.15 bits per heavy atom. The van der Waals surface area contributed by atoms with Gasteiger partial charge < -0.3 is 14.6 Å². The van der Waals surface area contributed by atoms with E-state index in [1.165, 1.54) is 12.8 Å². The summed E-state index contributed by atoms with van der Waals surface area (Å²) in [6.45, 7) is 6.05. The number of hydrogen-bond acceptors (Lipinski definition) is 4. The van der Waals surface area contributed by atoms with E-state index in [-0.39, 0.29) is 17.5 Å². The van der Waals surface area contributed by atoms with Crippen LogP contribution in [0.5, 0.6) is 0 Å². The Bertz CT molecular complexity index is 816. The van der Waals surface area contributed by atoms with Gasteiger partial charge in [0.1, 0.15) is 11.1 Å². The highest BCUT2D eigenvalue weighted by atomic mass is 16.3. The van der Waals surface area contributed by atoms with Crippen molar-refractivity contribution < 1.29 is 9.21 Å². The molecule has 3 rings (SSSR count). The number of carbonyl (C=O) groups excluding carboxylic acids is 1. The van der Waals surface area contributed by atoms with E-state index in [0.717, 1.165) is 49.8 Å². The van der Waals surface area contributed by atoms with Crippen LogP contribution in [0.3, 0.4) is 0 Å². The van der Waals surface area contributed by atoms with E-state index in [1.807, 2.05) is 18.2 Å². The smallest absolute Gasteiger partial charge is 0.257 e. The molecule has 26 heavy (non-hydrogen) atoms. The van der Waals surface area contributed by atoms with Crippen molar-refractivity contribution in [2.24, 2.45) is 0 Å². The molecule has 0 atom stereocenters. The number of nitrogens with one attached hydrogen (secondary N) is 2. The predicted molar refractivity (Wildman–Crippen MR) is 105 cm³/mol. The van der Waals surface area contributed by atoms with E-state index in [2.05, 4.69) is 24.1 Å². The van der Waals surface area contributed by atoms with Gasteiger partial charge in [-0.05, 0) is 44.9 Å². The first-order chi connectivity index (χ1) is 12.6. The Morgan fingerprint density at radius 2 is 1.85 bits per heavy atom. The molecule has 2 aromatic rings. The number of anilines is 1. The van der Waals surface area contributed by atoms with Crippen molar-refractivity contribution in [2.75, 3.05) is 18.0 Å². The molecule has 0 radical (unpaired) electrons. The number of fused-ring (bicyclic) bond motifs is 1. The molecule has 5 nitrogen and oxygen atoms in total. The van der Waals surface area contributed by atoms with Crippen molar-refractivity contribution in [1.82, 2.24) is 5.32 Å². The lowest BCUT2D eigenvalue weighted by atomic mass is 10.1. The SMILES string of the molecule is CCN(CC)c1ccc2cc(C(=O)NC3CCCCCC3)c(=N)oc2c1. The summed E-state index contributed by atoms with van der Waals surface area (Å²) in [6.07, 6.45) is 6.87. The third kappa shape index (κ3) is 4.09. The van der Waals surface area contributed by atoms with Gasteiger partial charge in [-0.15, -0.1) is 0 Å². The Kier molecular flexibility index (Phi) is 5.96. The molecule has 0 aliphatic heterocycles. The lowest BCUT2D eigenvalue weighted by Gasteiger charge is -2.21. The number of hydrogen-bond donors (Lipinski definition) is 2. The monoisotopic (exact) mass is 355 g/mol. The molecule has 1 saturated carbocycles. The number of nitrogens with zero attached hydrogens (tertiary/aromatic N) is 1. The maximum absolute atomic E-state index is 12.7. The lowest BCUT2D eigenvalue weighted by Crippen LogP contribution is -2.36. The highest BCUT2D eigenvalue weighted by molar-refractivity contribution is 5.97. The second kappa shape index (κ2) is 8.39. The van der Waals surface area contributed by atoms with Crippen LogP contribution in [0, 0.1) is 5.41 Å². The van der Waals surface area contributed by atoms with Gasteiger partial charge in [-0.25, -0.2) is 0 Å². The highest BCUT2D eigenvalue weighted by Crippen LogP contribution is 2.22. The Hall–Kier alpha value is -2.30. The van der Waals surface area contributed by atoms with Crippen molar-refractivity contribution in [3.05, 3.63) is 35.4 Å². The third-order valence-electron chi connectivity index (χ3n) is 5.32. The molecule has 2 N–H and O–H groups in total.